The molecule has 0 atom stereocenters. The summed E-state index contributed by atoms with van der Waals surface area (Å²) in [5, 5.41) is 2.42. The normalized spacial score (nSPS) is 11.4. The summed E-state index contributed by atoms with van der Waals surface area (Å²) in [6.45, 7) is 18.7. The average molecular weight is 453 g/mol. The molecule has 0 aromatic heterocycles. The first-order valence-electron chi connectivity index (χ1n) is 12.0. The molecule has 0 fully saturated rings. The molecular formula is C35H32. The quantitative estimate of drug-likeness (QED) is 0.261. The summed E-state index contributed by atoms with van der Waals surface area (Å²) in [4.78, 5) is 0. The van der Waals surface area contributed by atoms with E-state index in [0.717, 1.165) is 22.3 Å². The number of hydrogen-bond donors (Lipinski definition) is 0. The second-order valence-electron chi connectivity index (χ2n) is 8.62. The highest BCUT2D eigenvalue weighted by Crippen LogP contribution is 2.45. The molecule has 4 rings (SSSR count). The van der Waals surface area contributed by atoms with Gasteiger partial charge in [0.1, 0.15) is 0 Å². The highest BCUT2D eigenvalue weighted by Gasteiger charge is 2.20. The van der Waals surface area contributed by atoms with Gasteiger partial charge >= 0.3 is 0 Å². The van der Waals surface area contributed by atoms with E-state index in [-0.39, 0.29) is 0 Å². The van der Waals surface area contributed by atoms with E-state index in [1.54, 1.807) is 0 Å². The highest BCUT2D eigenvalue weighted by molar-refractivity contribution is 6.12. The zero-order chi connectivity index (χ0) is 24.9. The van der Waals surface area contributed by atoms with E-state index in [2.05, 4.69) is 125 Å². The lowest BCUT2D eigenvalue weighted by molar-refractivity contribution is 1.44. The van der Waals surface area contributed by atoms with Gasteiger partial charge in [-0.1, -0.05) is 123 Å². The SMILES string of the molecule is C=Cc1cccc(-c2c(C=C)c(/C=C\C)c(-c3ccc(/C=C\C)c(C)c3)c3ccccc23)c1C=C. The Bertz CT molecular complexity index is 1510. The van der Waals surface area contributed by atoms with Crippen molar-refractivity contribution in [2.24, 2.45) is 0 Å². The van der Waals surface area contributed by atoms with Crippen molar-refractivity contribution >= 4 is 41.2 Å². The van der Waals surface area contributed by atoms with Crippen LogP contribution in [0.1, 0.15) is 47.2 Å². The van der Waals surface area contributed by atoms with Crippen LogP contribution >= 0.6 is 0 Å². The Kier molecular flexibility index (Phi) is 7.13. The lowest BCUT2D eigenvalue weighted by Crippen LogP contribution is -1.98. The first-order valence-corrected chi connectivity index (χ1v) is 12.0. The molecule has 0 saturated heterocycles. The standard InChI is InChI=1S/C35H32/c1-7-15-26-21-22-27(23-24(26)6)34-30(16-8-2)29(11-5)35(33-19-13-12-18-32(33)34)31-20-14-17-25(9-3)28(31)10-4/h7-23H,3-5H2,1-2,6H3/b15-7-,16-8-. The summed E-state index contributed by atoms with van der Waals surface area (Å²) in [6, 6.07) is 21.8. The lowest BCUT2D eigenvalue weighted by atomic mass is 9.81. The lowest BCUT2D eigenvalue weighted by Gasteiger charge is -2.22. The molecule has 0 saturated carbocycles. The fourth-order valence-electron chi connectivity index (χ4n) is 5.04. The molecule has 0 heterocycles. The van der Waals surface area contributed by atoms with Gasteiger partial charge in [0.05, 0.1) is 0 Å². The third-order valence-electron chi connectivity index (χ3n) is 6.57. The number of hydrogen-bond acceptors (Lipinski definition) is 0. The predicted molar refractivity (Wildman–Crippen MR) is 159 cm³/mol. The van der Waals surface area contributed by atoms with E-state index in [1.807, 2.05) is 18.2 Å². The minimum absolute atomic E-state index is 1.07. The molecule has 0 amide bonds. The maximum absolute atomic E-state index is 4.27. The Hall–Kier alpha value is -4.16. The van der Waals surface area contributed by atoms with Gasteiger partial charge in [-0.2, -0.15) is 0 Å². The molecule has 4 aromatic rings. The van der Waals surface area contributed by atoms with Crippen molar-refractivity contribution in [2.75, 3.05) is 0 Å². The van der Waals surface area contributed by atoms with Crippen LogP contribution in [0.2, 0.25) is 0 Å². The molecule has 172 valence electrons. The van der Waals surface area contributed by atoms with Crippen LogP contribution in [0, 0.1) is 6.92 Å². The second kappa shape index (κ2) is 10.4. The Morgan fingerprint density at radius 1 is 0.600 bits per heavy atom. The topological polar surface area (TPSA) is 0 Å². The van der Waals surface area contributed by atoms with Crippen LogP contribution < -0.4 is 0 Å². The summed E-state index contributed by atoms with van der Waals surface area (Å²) < 4.78 is 0. The molecular weight excluding hydrogens is 420 g/mol. The number of rotatable bonds is 7. The van der Waals surface area contributed by atoms with Crippen LogP contribution in [0.15, 0.2) is 92.6 Å². The maximum Gasteiger partial charge on any atom is -0.00204 e. The zero-order valence-corrected chi connectivity index (χ0v) is 20.9. The van der Waals surface area contributed by atoms with E-state index < -0.39 is 0 Å². The summed E-state index contributed by atoms with van der Waals surface area (Å²) in [5.41, 5.74) is 11.7. The smallest absolute Gasteiger partial charge is 0.00204 e. The highest BCUT2D eigenvalue weighted by atomic mass is 14.2. The van der Waals surface area contributed by atoms with Gasteiger partial charge in [0.25, 0.3) is 0 Å². The van der Waals surface area contributed by atoms with E-state index >= 15 is 0 Å². The van der Waals surface area contributed by atoms with E-state index in [1.165, 1.54) is 44.2 Å². The van der Waals surface area contributed by atoms with E-state index in [9.17, 15) is 0 Å². The Labute approximate surface area is 210 Å². The number of benzene rings is 4. The van der Waals surface area contributed by atoms with E-state index in [0.29, 0.717) is 0 Å². The first-order chi connectivity index (χ1) is 17.1. The molecule has 0 heteroatoms. The summed E-state index contributed by atoms with van der Waals surface area (Å²) >= 11 is 0. The fourth-order valence-corrected chi connectivity index (χ4v) is 5.04. The molecule has 4 aromatic carbocycles. The van der Waals surface area contributed by atoms with Gasteiger partial charge < -0.3 is 0 Å². The van der Waals surface area contributed by atoms with Gasteiger partial charge in [-0.05, 0) is 87.2 Å². The van der Waals surface area contributed by atoms with Crippen molar-refractivity contribution in [1.82, 2.24) is 0 Å². The first kappa shape index (κ1) is 24.0. The van der Waals surface area contributed by atoms with Crippen LogP contribution in [0.5, 0.6) is 0 Å². The minimum Gasteiger partial charge on any atom is -0.0984 e. The number of allylic oxidation sites excluding steroid dienone is 2. The van der Waals surface area contributed by atoms with Crippen molar-refractivity contribution in [3.63, 3.8) is 0 Å². The van der Waals surface area contributed by atoms with Crippen molar-refractivity contribution in [2.45, 2.75) is 20.8 Å². The van der Waals surface area contributed by atoms with Gasteiger partial charge in [0, 0.05) is 0 Å². The van der Waals surface area contributed by atoms with Crippen molar-refractivity contribution in [3.05, 3.63) is 126 Å². The van der Waals surface area contributed by atoms with Gasteiger partial charge in [-0.25, -0.2) is 0 Å². The maximum atomic E-state index is 4.27. The van der Waals surface area contributed by atoms with Crippen LogP contribution in [0.4, 0.5) is 0 Å². The third kappa shape index (κ3) is 4.24. The van der Waals surface area contributed by atoms with Crippen LogP contribution in [0.3, 0.4) is 0 Å². The summed E-state index contributed by atoms with van der Waals surface area (Å²) in [6.07, 6.45) is 14.4. The molecule has 0 nitrogen and oxygen atoms in total. The Balaban J connectivity index is 2.20. The molecule has 0 aliphatic rings. The van der Waals surface area contributed by atoms with Gasteiger partial charge in [0.2, 0.25) is 0 Å². The zero-order valence-electron chi connectivity index (χ0n) is 20.9. The minimum atomic E-state index is 1.07. The molecule has 35 heavy (non-hydrogen) atoms. The van der Waals surface area contributed by atoms with Crippen molar-refractivity contribution < 1.29 is 0 Å². The monoisotopic (exact) mass is 452 g/mol. The molecule has 0 aliphatic carbocycles. The van der Waals surface area contributed by atoms with Crippen LogP contribution in [-0.4, -0.2) is 0 Å². The molecule has 0 spiro atoms. The fraction of sp³-hybridized carbons (Fsp3) is 0.0857. The van der Waals surface area contributed by atoms with Crippen molar-refractivity contribution in [3.8, 4) is 22.3 Å². The van der Waals surface area contributed by atoms with E-state index in [4.69, 9.17) is 0 Å². The van der Waals surface area contributed by atoms with Crippen molar-refractivity contribution in [1.29, 1.82) is 0 Å². The van der Waals surface area contributed by atoms with Gasteiger partial charge in [-0.3, -0.25) is 0 Å². The van der Waals surface area contributed by atoms with Crippen LogP contribution in [0.25, 0.3) is 63.4 Å². The molecule has 0 N–H and O–H groups in total. The molecule has 0 aliphatic heterocycles. The Morgan fingerprint density at radius 2 is 1.29 bits per heavy atom. The van der Waals surface area contributed by atoms with Crippen LogP contribution in [-0.2, 0) is 0 Å². The average Bonchev–Trinajstić information content (AvgIpc) is 2.88. The second-order valence-corrected chi connectivity index (χ2v) is 8.62. The molecule has 0 radical (unpaired) electrons. The third-order valence-corrected chi connectivity index (χ3v) is 6.57. The molecule has 0 bridgehead atoms. The van der Waals surface area contributed by atoms with Gasteiger partial charge in [-0.15, -0.1) is 0 Å². The summed E-state index contributed by atoms with van der Waals surface area (Å²) in [7, 11) is 0. The Morgan fingerprint density at radius 3 is 1.89 bits per heavy atom. The molecule has 0 unspecified atom stereocenters. The summed E-state index contributed by atoms with van der Waals surface area (Å²) in [5.74, 6) is 0. The number of aryl methyl sites for hydroxylation is 1. The largest absolute Gasteiger partial charge is 0.0984 e. The predicted octanol–water partition coefficient (Wildman–Crippen LogP) is 10.5. The van der Waals surface area contributed by atoms with Gasteiger partial charge in [0.15, 0.2) is 0 Å². The number of fused-ring (bicyclic) bond motifs is 1.